The number of carbonyl (C=O) groups is 2. The van der Waals surface area contributed by atoms with Gasteiger partial charge in [0.15, 0.2) is 0 Å². The van der Waals surface area contributed by atoms with Gasteiger partial charge in [-0.25, -0.2) is 4.79 Å². The van der Waals surface area contributed by atoms with Crippen molar-refractivity contribution in [2.75, 3.05) is 6.54 Å². The van der Waals surface area contributed by atoms with Gasteiger partial charge in [-0.05, 0) is 30.7 Å². The standard InChI is InChI=1S/C15H28N2O3/c1-3-11(2)13(14(19)20)17-12(18)9-15(10-16)7-5-4-6-8-15/h11,13H,3-10,16H2,1-2H3,(H,17,18)(H,19,20)/t11-,13-/m0/s1. The van der Waals surface area contributed by atoms with E-state index in [4.69, 9.17) is 5.73 Å². The van der Waals surface area contributed by atoms with Crippen molar-refractivity contribution in [3.8, 4) is 0 Å². The van der Waals surface area contributed by atoms with Gasteiger partial charge in [-0.15, -0.1) is 0 Å². The maximum Gasteiger partial charge on any atom is 0.326 e. The van der Waals surface area contributed by atoms with Crippen molar-refractivity contribution in [2.24, 2.45) is 17.1 Å². The Balaban J connectivity index is 2.62. The summed E-state index contributed by atoms with van der Waals surface area (Å²) in [5.74, 6) is -1.21. The number of amides is 1. The van der Waals surface area contributed by atoms with E-state index in [1.54, 1.807) is 0 Å². The molecule has 1 rings (SSSR count). The zero-order valence-corrected chi connectivity index (χ0v) is 12.7. The number of nitrogens with two attached hydrogens (primary N) is 1. The SMILES string of the molecule is CC[C@H](C)[C@H](NC(=O)CC1(CN)CCCCC1)C(=O)O. The largest absolute Gasteiger partial charge is 0.480 e. The Morgan fingerprint density at radius 1 is 1.30 bits per heavy atom. The van der Waals surface area contributed by atoms with Crippen LogP contribution in [0.4, 0.5) is 0 Å². The van der Waals surface area contributed by atoms with Gasteiger partial charge in [-0.1, -0.05) is 39.5 Å². The molecule has 0 radical (unpaired) electrons. The molecule has 1 aliphatic rings. The fourth-order valence-electron chi connectivity index (χ4n) is 3.00. The second kappa shape index (κ2) is 7.62. The number of rotatable bonds is 7. The third kappa shape index (κ3) is 4.47. The van der Waals surface area contributed by atoms with Crippen LogP contribution in [0, 0.1) is 11.3 Å². The number of aliphatic carboxylic acids is 1. The summed E-state index contributed by atoms with van der Waals surface area (Å²) < 4.78 is 0. The molecule has 5 nitrogen and oxygen atoms in total. The van der Waals surface area contributed by atoms with Crippen LogP contribution in [-0.4, -0.2) is 29.6 Å². The lowest BCUT2D eigenvalue weighted by Crippen LogP contribution is -2.47. The van der Waals surface area contributed by atoms with Crippen LogP contribution in [0.25, 0.3) is 0 Å². The fraction of sp³-hybridized carbons (Fsp3) is 0.867. The average Bonchev–Trinajstić information content (AvgIpc) is 2.44. The molecule has 1 saturated carbocycles. The predicted molar refractivity (Wildman–Crippen MR) is 78.2 cm³/mol. The molecule has 0 heterocycles. The van der Waals surface area contributed by atoms with Gasteiger partial charge in [0.1, 0.15) is 6.04 Å². The highest BCUT2D eigenvalue weighted by molar-refractivity contribution is 5.84. The van der Waals surface area contributed by atoms with Gasteiger partial charge in [0.2, 0.25) is 5.91 Å². The van der Waals surface area contributed by atoms with E-state index < -0.39 is 12.0 Å². The fourth-order valence-corrected chi connectivity index (χ4v) is 3.00. The summed E-state index contributed by atoms with van der Waals surface area (Å²) >= 11 is 0. The average molecular weight is 284 g/mol. The molecule has 0 aromatic heterocycles. The first kappa shape index (κ1) is 17.0. The predicted octanol–water partition coefficient (Wildman–Crippen LogP) is 1.90. The smallest absolute Gasteiger partial charge is 0.326 e. The van der Waals surface area contributed by atoms with Gasteiger partial charge in [0.05, 0.1) is 0 Å². The van der Waals surface area contributed by atoms with Gasteiger partial charge in [-0.2, -0.15) is 0 Å². The van der Waals surface area contributed by atoms with Crippen LogP contribution < -0.4 is 11.1 Å². The molecule has 1 amide bonds. The van der Waals surface area contributed by atoms with E-state index in [1.807, 2.05) is 13.8 Å². The molecule has 116 valence electrons. The van der Waals surface area contributed by atoms with E-state index in [1.165, 1.54) is 6.42 Å². The Bertz CT molecular complexity index is 338. The Kier molecular flexibility index (Phi) is 6.46. The van der Waals surface area contributed by atoms with Crippen molar-refractivity contribution in [3.63, 3.8) is 0 Å². The lowest BCUT2D eigenvalue weighted by Gasteiger charge is -2.36. The van der Waals surface area contributed by atoms with Gasteiger partial charge in [-0.3, -0.25) is 4.79 Å². The molecular formula is C15H28N2O3. The summed E-state index contributed by atoms with van der Waals surface area (Å²) in [7, 11) is 0. The van der Waals surface area contributed by atoms with Crippen molar-refractivity contribution in [3.05, 3.63) is 0 Å². The van der Waals surface area contributed by atoms with E-state index in [9.17, 15) is 14.7 Å². The molecule has 1 fully saturated rings. The quantitative estimate of drug-likeness (QED) is 0.665. The molecule has 5 heteroatoms. The Hall–Kier alpha value is -1.10. The third-order valence-corrected chi connectivity index (χ3v) is 4.68. The minimum absolute atomic E-state index is 0.0726. The number of carboxylic acids is 1. The number of hydrogen-bond acceptors (Lipinski definition) is 3. The first-order valence-electron chi connectivity index (χ1n) is 7.66. The monoisotopic (exact) mass is 284 g/mol. The molecule has 1 aliphatic carbocycles. The highest BCUT2D eigenvalue weighted by atomic mass is 16.4. The van der Waals surface area contributed by atoms with Gasteiger partial charge in [0.25, 0.3) is 0 Å². The molecule has 0 unspecified atom stereocenters. The zero-order valence-electron chi connectivity index (χ0n) is 12.7. The van der Waals surface area contributed by atoms with Crippen molar-refractivity contribution < 1.29 is 14.7 Å². The molecule has 0 saturated heterocycles. The highest BCUT2D eigenvalue weighted by Gasteiger charge is 2.34. The van der Waals surface area contributed by atoms with E-state index in [0.29, 0.717) is 13.0 Å². The van der Waals surface area contributed by atoms with Crippen LogP contribution in [0.5, 0.6) is 0 Å². The van der Waals surface area contributed by atoms with E-state index >= 15 is 0 Å². The van der Waals surface area contributed by atoms with Crippen LogP contribution in [0.3, 0.4) is 0 Å². The van der Waals surface area contributed by atoms with Crippen molar-refractivity contribution >= 4 is 11.9 Å². The van der Waals surface area contributed by atoms with Gasteiger partial charge < -0.3 is 16.2 Å². The number of hydrogen-bond donors (Lipinski definition) is 3. The first-order valence-corrected chi connectivity index (χ1v) is 7.66. The summed E-state index contributed by atoms with van der Waals surface area (Å²) in [4.78, 5) is 23.4. The molecule has 2 atom stereocenters. The minimum atomic E-state index is -0.960. The summed E-state index contributed by atoms with van der Waals surface area (Å²) in [6.45, 7) is 4.27. The second-order valence-corrected chi connectivity index (χ2v) is 6.21. The molecule has 0 aromatic carbocycles. The van der Waals surface area contributed by atoms with E-state index in [0.717, 1.165) is 32.1 Å². The maximum absolute atomic E-state index is 12.2. The van der Waals surface area contributed by atoms with Crippen LogP contribution in [0.1, 0.15) is 58.8 Å². The molecule has 20 heavy (non-hydrogen) atoms. The van der Waals surface area contributed by atoms with Gasteiger partial charge in [0, 0.05) is 6.42 Å². The number of carboxylic acid groups (broad SMARTS) is 1. The van der Waals surface area contributed by atoms with Crippen LogP contribution in [0.15, 0.2) is 0 Å². The zero-order chi connectivity index (χ0) is 15.2. The Labute approximate surface area is 121 Å². The third-order valence-electron chi connectivity index (χ3n) is 4.68. The normalized spacial score (nSPS) is 20.9. The Morgan fingerprint density at radius 3 is 2.35 bits per heavy atom. The topological polar surface area (TPSA) is 92.4 Å². The van der Waals surface area contributed by atoms with Crippen LogP contribution in [-0.2, 0) is 9.59 Å². The van der Waals surface area contributed by atoms with Crippen LogP contribution in [0.2, 0.25) is 0 Å². The molecule has 0 aromatic rings. The van der Waals surface area contributed by atoms with Crippen molar-refractivity contribution in [2.45, 2.75) is 64.8 Å². The maximum atomic E-state index is 12.2. The lowest BCUT2D eigenvalue weighted by molar-refractivity contribution is -0.143. The first-order chi connectivity index (χ1) is 9.44. The molecule has 0 bridgehead atoms. The van der Waals surface area contributed by atoms with Crippen molar-refractivity contribution in [1.82, 2.24) is 5.32 Å². The molecule has 0 spiro atoms. The molecule has 0 aliphatic heterocycles. The minimum Gasteiger partial charge on any atom is -0.480 e. The van der Waals surface area contributed by atoms with Crippen LogP contribution >= 0.6 is 0 Å². The molecular weight excluding hydrogens is 256 g/mol. The number of nitrogens with one attached hydrogen (secondary N) is 1. The number of carbonyl (C=O) groups excluding carboxylic acids is 1. The molecule has 4 N–H and O–H groups in total. The Morgan fingerprint density at radius 2 is 1.90 bits per heavy atom. The van der Waals surface area contributed by atoms with E-state index in [-0.39, 0.29) is 17.2 Å². The summed E-state index contributed by atoms with van der Waals surface area (Å²) in [6.07, 6.45) is 6.43. The summed E-state index contributed by atoms with van der Waals surface area (Å²) in [6, 6.07) is -0.800. The summed E-state index contributed by atoms with van der Waals surface area (Å²) in [5.41, 5.74) is 5.74. The van der Waals surface area contributed by atoms with E-state index in [2.05, 4.69) is 5.32 Å². The van der Waals surface area contributed by atoms with Gasteiger partial charge >= 0.3 is 5.97 Å². The highest BCUT2D eigenvalue weighted by Crippen LogP contribution is 2.38. The lowest BCUT2D eigenvalue weighted by atomic mass is 9.71. The summed E-state index contributed by atoms with van der Waals surface area (Å²) in [5, 5.41) is 11.9. The van der Waals surface area contributed by atoms with Crippen molar-refractivity contribution in [1.29, 1.82) is 0 Å². The second-order valence-electron chi connectivity index (χ2n) is 6.21.